The minimum absolute atomic E-state index is 0.130. The Kier molecular flexibility index (Phi) is 3.80. The molecule has 0 N–H and O–H groups in total. The molecule has 0 saturated carbocycles. The second kappa shape index (κ2) is 5.84. The maximum absolute atomic E-state index is 13.3. The fourth-order valence-corrected chi connectivity index (χ4v) is 4.13. The third kappa shape index (κ3) is 2.52. The molecule has 1 aromatic carbocycles. The van der Waals surface area contributed by atoms with Crippen molar-refractivity contribution in [3.63, 3.8) is 0 Å². The normalized spacial score (nSPS) is 29.3. The Labute approximate surface area is 156 Å². The van der Waals surface area contributed by atoms with Gasteiger partial charge in [0, 0.05) is 11.6 Å². The first kappa shape index (κ1) is 17.6. The third-order valence-corrected chi connectivity index (χ3v) is 5.38. The predicted molar refractivity (Wildman–Crippen MR) is 97.4 cm³/mol. The minimum Gasteiger partial charge on any atom is -0.297 e. The number of nitrogens with zero attached hydrogens (tertiary/aromatic N) is 3. The standard InChI is InChI=1S/C20H20FN3O3/c1-20(2,3)17(25)16-15-14(13-5-4-10-22-24(13)16)18(26)23(19(15)27)12-8-6-11(21)7-9-12/h4-10,13-16H,1-3H3. The minimum atomic E-state index is -0.806. The maximum atomic E-state index is 13.3. The van der Waals surface area contributed by atoms with Crippen molar-refractivity contribution in [2.24, 2.45) is 22.4 Å². The molecule has 1 aromatic rings. The molecule has 4 rings (SSSR count). The van der Waals surface area contributed by atoms with Gasteiger partial charge in [0.25, 0.3) is 0 Å². The van der Waals surface area contributed by atoms with Crippen LogP contribution in [0.15, 0.2) is 41.5 Å². The van der Waals surface area contributed by atoms with Gasteiger partial charge < -0.3 is 0 Å². The molecule has 4 unspecified atom stereocenters. The van der Waals surface area contributed by atoms with Crippen LogP contribution in [0, 0.1) is 23.1 Å². The molecule has 27 heavy (non-hydrogen) atoms. The molecule has 0 aromatic heterocycles. The van der Waals surface area contributed by atoms with Gasteiger partial charge >= 0.3 is 0 Å². The van der Waals surface area contributed by atoms with Crippen molar-refractivity contribution in [3.05, 3.63) is 42.2 Å². The molecule has 2 amide bonds. The molecule has 0 spiro atoms. The Bertz CT molecular complexity index is 885. The second-order valence-corrected chi connectivity index (χ2v) is 8.12. The number of hydrogen-bond donors (Lipinski definition) is 0. The van der Waals surface area contributed by atoms with Crippen molar-refractivity contribution in [2.75, 3.05) is 4.90 Å². The monoisotopic (exact) mass is 369 g/mol. The zero-order valence-corrected chi connectivity index (χ0v) is 15.3. The smallest absolute Gasteiger partial charge is 0.240 e. The van der Waals surface area contributed by atoms with Gasteiger partial charge in [-0.05, 0) is 30.3 Å². The number of fused-ring (bicyclic) bond motifs is 3. The number of amides is 2. The summed E-state index contributed by atoms with van der Waals surface area (Å²) in [5, 5.41) is 5.89. The Hall–Kier alpha value is -2.83. The molecule has 3 aliphatic heterocycles. The van der Waals surface area contributed by atoms with Crippen molar-refractivity contribution < 1.29 is 18.8 Å². The number of rotatable bonds is 2. The van der Waals surface area contributed by atoms with Crippen LogP contribution < -0.4 is 4.90 Å². The van der Waals surface area contributed by atoms with E-state index in [9.17, 15) is 18.8 Å². The second-order valence-electron chi connectivity index (χ2n) is 8.12. The number of hydrazone groups is 1. The lowest BCUT2D eigenvalue weighted by molar-refractivity contribution is -0.136. The van der Waals surface area contributed by atoms with E-state index in [4.69, 9.17) is 0 Å². The van der Waals surface area contributed by atoms with Crippen molar-refractivity contribution in [1.82, 2.24) is 5.01 Å². The molecule has 2 fully saturated rings. The van der Waals surface area contributed by atoms with Crippen molar-refractivity contribution >= 4 is 29.5 Å². The highest BCUT2D eigenvalue weighted by Gasteiger charge is 2.64. The predicted octanol–water partition coefficient (Wildman–Crippen LogP) is 2.15. The molecule has 0 aliphatic carbocycles. The van der Waals surface area contributed by atoms with Crippen LogP contribution in [-0.2, 0) is 14.4 Å². The number of ketones is 1. The van der Waals surface area contributed by atoms with E-state index in [0.29, 0.717) is 5.69 Å². The van der Waals surface area contributed by atoms with E-state index in [1.807, 2.05) is 0 Å². The zero-order valence-electron chi connectivity index (χ0n) is 15.3. The fraction of sp³-hybridized carbons (Fsp3) is 0.400. The van der Waals surface area contributed by atoms with Crippen LogP contribution >= 0.6 is 0 Å². The average Bonchev–Trinajstić information content (AvgIpc) is 3.08. The summed E-state index contributed by atoms with van der Waals surface area (Å²) in [7, 11) is 0. The quantitative estimate of drug-likeness (QED) is 0.749. The highest BCUT2D eigenvalue weighted by Crippen LogP contribution is 2.47. The van der Waals surface area contributed by atoms with Gasteiger partial charge in [-0.1, -0.05) is 26.8 Å². The summed E-state index contributed by atoms with van der Waals surface area (Å²) < 4.78 is 13.3. The van der Waals surface area contributed by atoms with Crippen LogP contribution in [0.5, 0.6) is 0 Å². The lowest BCUT2D eigenvalue weighted by atomic mass is 9.80. The van der Waals surface area contributed by atoms with Gasteiger partial charge in [0.15, 0.2) is 5.78 Å². The molecule has 3 heterocycles. The Balaban J connectivity index is 1.79. The first-order valence-corrected chi connectivity index (χ1v) is 8.88. The van der Waals surface area contributed by atoms with E-state index in [-0.39, 0.29) is 11.7 Å². The van der Waals surface area contributed by atoms with Crippen molar-refractivity contribution in [1.29, 1.82) is 0 Å². The molecule has 2 saturated heterocycles. The number of carbonyl (C=O) groups excluding carboxylic acids is 3. The highest BCUT2D eigenvalue weighted by molar-refractivity contribution is 6.24. The molecule has 140 valence electrons. The van der Waals surface area contributed by atoms with Gasteiger partial charge in [0.2, 0.25) is 11.8 Å². The van der Waals surface area contributed by atoms with E-state index in [2.05, 4.69) is 5.10 Å². The summed E-state index contributed by atoms with van der Waals surface area (Å²) in [5.74, 6) is -2.88. The van der Waals surface area contributed by atoms with Crippen molar-refractivity contribution in [3.8, 4) is 0 Å². The summed E-state index contributed by atoms with van der Waals surface area (Å²) in [5.41, 5.74) is -0.370. The molecule has 3 aliphatic rings. The number of benzene rings is 1. The Morgan fingerprint density at radius 3 is 2.33 bits per heavy atom. The van der Waals surface area contributed by atoms with Crippen LogP contribution in [-0.4, -0.2) is 40.9 Å². The number of allylic oxidation sites excluding steroid dienone is 1. The summed E-state index contributed by atoms with van der Waals surface area (Å²) >= 11 is 0. The maximum Gasteiger partial charge on any atom is 0.240 e. The Morgan fingerprint density at radius 2 is 1.70 bits per heavy atom. The molecule has 0 bridgehead atoms. The molecule has 4 atom stereocenters. The van der Waals surface area contributed by atoms with Gasteiger partial charge in [-0.2, -0.15) is 5.10 Å². The fourth-order valence-electron chi connectivity index (χ4n) is 4.13. The summed E-state index contributed by atoms with van der Waals surface area (Å²) in [6.07, 6.45) is 5.09. The number of anilines is 1. The molecular formula is C20H20FN3O3. The van der Waals surface area contributed by atoms with Crippen LogP contribution in [0.2, 0.25) is 0 Å². The number of carbonyl (C=O) groups is 3. The number of hydrogen-bond acceptors (Lipinski definition) is 5. The third-order valence-electron chi connectivity index (χ3n) is 5.38. The number of imide groups is 1. The van der Waals surface area contributed by atoms with E-state index in [1.165, 1.54) is 24.3 Å². The molecule has 0 radical (unpaired) electrons. The summed E-state index contributed by atoms with van der Waals surface area (Å²) in [6, 6.07) is 3.97. The first-order valence-electron chi connectivity index (χ1n) is 8.88. The summed E-state index contributed by atoms with van der Waals surface area (Å²) in [6.45, 7) is 5.38. The van der Waals surface area contributed by atoms with E-state index in [1.54, 1.807) is 44.1 Å². The van der Waals surface area contributed by atoms with Crippen LogP contribution in [0.3, 0.4) is 0 Å². The molecule has 7 heteroatoms. The van der Waals surface area contributed by atoms with E-state index < -0.39 is 41.1 Å². The van der Waals surface area contributed by atoms with Gasteiger partial charge in [0.1, 0.15) is 11.9 Å². The van der Waals surface area contributed by atoms with Crippen molar-refractivity contribution in [2.45, 2.75) is 32.9 Å². The van der Waals surface area contributed by atoms with Gasteiger partial charge in [-0.25, -0.2) is 9.29 Å². The largest absolute Gasteiger partial charge is 0.297 e. The number of Topliss-reactive ketones (excluding diaryl/α,β-unsaturated/α-hetero) is 1. The highest BCUT2D eigenvalue weighted by atomic mass is 19.1. The summed E-state index contributed by atoms with van der Waals surface area (Å²) in [4.78, 5) is 40.6. The van der Waals surface area contributed by atoms with Crippen LogP contribution in [0.25, 0.3) is 0 Å². The average molecular weight is 369 g/mol. The lowest BCUT2D eigenvalue weighted by Crippen LogP contribution is -2.49. The lowest BCUT2D eigenvalue weighted by Gasteiger charge is -2.33. The zero-order chi connectivity index (χ0) is 19.5. The van der Waals surface area contributed by atoms with E-state index in [0.717, 1.165) is 4.90 Å². The van der Waals surface area contributed by atoms with Gasteiger partial charge in [0.05, 0.1) is 23.6 Å². The number of halogens is 1. The SMILES string of the molecule is CC(C)(C)C(=O)C1C2C(=O)N(c3ccc(F)cc3)C(=O)C2C2C=CC=NN21. The molecule has 6 nitrogen and oxygen atoms in total. The molecular weight excluding hydrogens is 349 g/mol. The van der Waals surface area contributed by atoms with Crippen LogP contribution in [0.1, 0.15) is 20.8 Å². The van der Waals surface area contributed by atoms with Crippen LogP contribution in [0.4, 0.5) is 10.1 Å². The first-order chi connectivity index (χ1) is 12.7. The Morgan fingerprint density at radius 1 is 1.07 bits per heavy atom. The van der Waals surface area contributed by atoms with Gasteiger partial charge in [-0.3, -0.25) is 19.4 Å². The van der Waals surface area contributed by atoms with E-state index >= 15 is 0 Å². The van der Waals surface area contributed by atoms with Gasteiger partial charge in [-0.15, -0.1) is 0 Å². The topological polar surface area (TPSA) is 70.0 Å².